The van der Waals surface area contributed by atoms with Crippen LogP contribution in [-0.4, -0.2) is 35.9 Å². The van der Waals surface area contributed by atoms with Crippen LogP contribution < -0.4 is 10.1 Å². The van der Waals surface area contributed by atoms with Crippen LogP contribution in [0.15, 0.2) is 30.9 Å². The van der Waals surface area contributed by atoms with Crippen LogP contribution in [0.3, 0.4) is 0 Å². The minimum Gasteiger partial charge on any atom is -0.487 e. The minimum atomic E-state index is -0.273. The van der Waals surface area contributed by atoms with Crippen molar-refractivity contribution >= 4 is 17.5 Å². The van der Waals surface area contributed by atoms with Crippen LogP contribution in [0.4, 0.5) is 5.69 Å². The van der Waals surface area contributed by atoms with Crippen LogP contribution in [0.2, 0.25) is 0 Å². The van der Waals surface area contributed by atoms with Gasteiger partial charge in [-0.15, -0.1) is 0 Å². The van der Waals surface area contributed by atoms with Crippen LogP contribution in [-0.2, 0) is 16.0 Å². The number of fused-ring (bicyclic) bond motifs is 1. The fourth-order valence-corrected chi connectivity index (χ4v) is 3.17. The third kappa shape index (κ3) is 3.23. The first-order chi connectivity index (χ1) is 11.0. The molecule has 0 unspecified atom stereocenters. The molecule has 1 aliphatic carbocycles. The summed E-state index contributed by atoms with van der Waals surface area (Å²) in [6.07, 6.45) is 6.77. The molecule has 1 saturated carbocycles. The molecular weight excluding hydrogens is 292 g/mol. The number of anilines is 1. The second-order valence-corrected chi connectivity index (χ2v) is 6.41. The lowest BCUT2D eigenvalue weighted by atomic mass is 9.74. The standard InChI is InChI=1S/C18H22N2O3/c1-3-17(22)20(2)12-16(21)19-14-5-6-15-13(11-14)7-10-18(23-15)8-4-9-18/h3,5-6,11H,1,4,7-10,12H2,2H3,(H,19,21). The molecule has 1 heterocycles. The van der Waals surface area contributed by atoms with Gasteiger partial charge in [0.15, 0.2) is 0 Å². The van der Waals surface area contributed by atoms with Crippen molar-refractivity contribution in [2.75, 3.05) is 18.9 Å². The van der Waals surface area contributed by atoms with Crippen molar-refractivity contribution in [3.8, 4) is 5.75 Å². The van der Waals surface area contributed by atoms with E-state index in [2.05, 4.69) is 11.9 Å². The zero-order chi connectivity index (χ0) is 16.4. The summed E-state index contributed by atoms with van der Waals surface area (Å²) in [4.78, 5) is 24.7. The van der Waals surface area contributed by atoms with Gasteiger partial charge in [0.05, 0.1) is 6.54 Å². The molecule has 0 aromatic heterocycles. The van der Waals surface area contributed by atoms with E-state index in [0.717, 1.165) is 42.7 Å². The van der Waals surface area contributed by atoms with Crippen LogP contribution in [0, 0.1) is 0 Å². The molecule has 1 aromatic carbocycles. The third-order valence-electron chi connectivity index (χ3n) is 4.72. The van der Waals surface area contributed by atoms with Crippen molar-refractivity contribution in [2.45, 2.75) is 37.7 Å². The summed E-state index contributed by atoms with van der Waals surface area (Å²) in [5.74, 6) is 0.438. The Labute approximate surface area is 136 Å². The van der Waals surface area contributed by atoms with Crippen molar-refractivity contribution in [2.24, 2.45) is 0 Å². The van der Waals surface area contributed by atoms with Gasteiger partial charge in [-0.05, 0) is 61.9 Å². The number of carbonyl (C=O) groups is 2. The van der Waals surface area contributed by atoms with E-state index >= 15 is 0 Å². The third-order valence-corrected chi connectivity index (χ3v) is 4.72. The van der Waals surface area contributed by atoms with E-state index in [4.69, 9.17) is 4.74 Å². The summed E-state index contributed by atoms with van der Waals surface area (Å²) in [5, 5.41) is 2.83. The normalized spacial score (nSPS) is 17.4. The summed E-state index contributed by atoms with van der Waals surface area (Å²) in [5.41, 5.74) is 1.95. The van der Waals surface area contributed by atoms with E-state index in [1.165, 1.54) is 17.4 Å². The van der Waals surface area contributed by atoms with Gasteiger partial charge in [-0.1, -0.05) is 6.58 Å². The molecule has 1 N–H and O–H groups in total. The fourth-order valence-electron chi connectivity index (χ4n) is 3.17. The van der Waals surface area contributed by atoms with E-state index in [-0.39, 0.29) is 24.0 Å². The molecule has 23 heavy (non-hydrogen) atoms. The topological polar surface area (TPSA) is 58.6 Å². The Morgan fingerprint density at radius 1 is 1.39 bits per heavy atom. The molecule has 2 amide bonds. The monoisotopic (exact) mass is 314 g/mol. The molecule has 0 atom stereocenters. The van der Waals surface area contributed by atoms with Crippen molar-refractivity contribution in [3.05, 3.63) is 36.4 Å². The Hall–Kier alpha value is -2.30. The number of aryl methyl sites for hydroxylation is 1. The Kier molecular flexibility index (Phi) is 4.11. The molecule has 1 fully saturated rings. The van der Waals surface area contributed by atoms with Crippen LogP contribution in [0.5, 0.6) is 5.75 Å². The van der Waals surface area contributed by atoms with Crippen LogP contribution >= 0.6 is 0 Å². The second kappa shape index (κ2) is 6.07. The number of likely N-dealkylation sites (N-methyl/N-ethyl adjacent to an activating group) is 1. The van der Waals surface area contributed by atoms with Crippen molar-refractivity contribution < 1.29 is 14.3 Å². The molecule has 5 nitrogen and oxygen atoms in total. The predicted molar refractivity (Wildman–Crippen MR) is 88.4 cm³/mol. The molecular formula is C18H22N2O3. The molecule has 5 heteroatoms. The second-order valence-electron chi connectivity index (χ2n) is 6.41. The van der Waals surface area contributed by atoms with Gasteiger partial charge >= 0.3 is 0 Å². The number of nitrogens with one attached hydrogen (secondary N) is 1. The molecule has 0 radical (unpaired) electrons. The fraction of sp³-hybridized carbons (Fsp3) is 0.444. The summed E-state index contributed by atoms with van der Waals surface area (Å²) < 4.78 is 6.15. The number of ether oxygens (including phenoxy) is 1. The lowest BCUT2D eigenvalue weighted by Gasteiger charge is -2.45. The van der Waals surface area contributed by atoms with Crippen LogP contribution in [0.25, 0.3) is 0 Å². The lowest BCUT2D eigenvalue weighted by Crippen LogP contribution is -2.45. The van der Waals surface area contributed by atoms with E-state index in [0.29, 0.717) is 0 Å². The van der Waals surface area contributed by atoms with Gasteiger partial charge in [-0.25, -0.2) is 0 Å². The molecule has 122 valence electrons. The zero-order valence-corrected chi connectivity index (χ0v) is 13.4. The number of carbonyl (C=O) groups excluding carboxylic acids is 2. The number of nitrogens with zero attached hydrogens (tertiary/aromatic N) is 1. The van der Waals surface area contributed by atoms with Gasteiger partial charge in [0.2, 0.25) is 11.8 Å². The number of hydrogen-bond donors (Lipinski definition) is 1. The summed E-state index contributed by atoms with van der Waals surface area (Å²) in [6, 6.07) is 5.75. The SMILES string of the molecule is C=CC(=O)N(C)CC(=O)Nc1ccc2c(c1)CCC1(CCC1)O2. The highest BCUT2D eigenvalue weighted by molar-refractivity contribution is 5.96. The van der Waals surface area contributed by atoms with Crippen molar-refractivity contribution in [1.82, 2.24) is 4.90 Å². The number of amides is 2. The highest BCUT2D eigenvalue weighted by Gasteiger charge is 2.41. The van der Waals surface area contributed by atoms with E-state index in [1.54, 1.807) is 7.05 Å². The van der Waals surface area contributed by atoms with Crippen molar-refractivity contribution in [1.29, 1.82) is 0 Å². The van der Waals surface area contributed by atoms with E-state index < -0.39 is 0 Å². The maximum Gasteiger partial charge on any atom is 0.246 e. The average Bonchev–Trinajstić information content (AvgIpc) is 2.51. The zero-order valence-electron chi connectivity index (χ0n) is 13.4. The number of benzene rings is 1. The van der Waals surface area contributed by atoms with Gasteiger partial charge in [0.25, 0.3) is 0 Å². The minimum absolute atomic E-state index is 0.00154. The van der Waals surface area contributed by atoms with Gasteiger partial charge in [-0.2, -0.15) is 0 Å². The summed E-state index contributed by atoms with van der Waals surface area (Å²) in [7, 11) is 1.57. The quantitative estimate of drug-likeness (QED) is 0.869. The molecule has 0 saturated heterocycles. The van der Waals surface area contributed by atoms with Gasteiger partial charge < -0.3 is 15.0 Å². The first-order valence-electron chi connectivity index (χ1n) is 8.01. The largest absolute Gasteiger partial charge is 0.487 e. The van der Waals surface area contributed by atoms with Gasteiger partial charge in [-0.3, -0.25) is 9.59 Å². The van der Waals surface area contributed by atoms with Crippen LogP contribution in [0.1, 0.15) is 31.2 Å². The Morgan fingerprint density at radius 2 is 2.17 bits per heavy atom. The van der Waals surface area contributed by atoms with Gasteiger partial charge in [0.1, 0.15) is 11.4 Å². The van der Waals surface area contributed by atoms with E-state index in [1.807, 2.05) is 18.2 Å². The molecule has 3 rings (SSSR count). The Morgan fingerprint density at radius 3 is 2.83 bits per heavy atom. The molecule has 1 aliphatic heterocycles. The first kappa shape index (κ1) is 15.6. The smallest absolute Gasteiger partial charge is 0.246 e. The van der Waals surface area contributed by atoms with Crippen molar-refractivity contribution in [3.63, 3.8) is 0 Å². The van der Waals surface area contributed by atoms with E-state index in [9.17, 15) is 9.59 Å². The number of hydrogen-bond acceptors (Lipinski definition) is 3. The molecule has 2 aliphatic rings. The predicted octanol–water partition coefficient (Wildman–Crippen LogP) is 2.52. The highest BCUT2D eigenvalue weighted by atomic mass is 16.5. The van der Waals surface area contributed by atoms with Gasteiger partial charge in [0, 0.05) is 12.7 Å². The molecule has 1 spiro atoms. The lowest BCUT2D eigenvalue weighted by molar-refractivity contribution is -0.129. The Bertz CT molecular complexity index is 650. The maximum absolute atomic E-state index is 12.0. The number of rotatable bonds is 4. The summed E-state index contributed by atoms with van der Waals surface area (Å²) in [6.45, 7) is 3.41. The average molecular weight is 314 g/mol. The first-order valence-corrected chi connectivity index (χ1v) is 8.01. The molecule has 1 aromatic rings. The molecule has 0 bridgehead atoms. The Balaban J connectivity index is 1.62. The summed E-state index contributed by atoms with van der Waals surface area (Å²) >= 11 is 0. The highest BCUT2D eigenvalue weighted by Crippen LogP contribution is 2.45. The maximum atomic E-state index is 12.0.